The van der Waals surface area contributed by atoms with Gasteiger partial charge in [0.15, 0.2) is 0 Å². The van der Waals surface area contributed by atoms with Gasteiger partial charge in [0, 0.05) is 0 Å². The van der Waals surface area contributed by atoms with Gasteiger partial charge in [-0.15, -0.1) is 0 Å². The van der Waals surface area contributed by atoms with Gasteiger partial charge in [-0.3, -0.25) is 0 Å². The van der Waals surface area contributed by atoms with Crippen LogP contribution in [0, 0.1) is 0 Å². The summed E-state index contributed by atoms with van der Waals surface area (Å²) in [4.78, 5) is 0. The zero-order valence-electron chi connectivity index (χ0n) is 11.3. The van der Waals surface area contributed by atoms with Gasteiger partial charge in [-0.05, 0) is 0 Å². The van der Waals surface area contributed by atoms with Gasteiger partial charge >= 0.3 is 116 Å². The predicted molar refractivity (Wildman–Crippen MR) is 72.4 cm³/mol. The van der Waals surface area contributed by atoms with Crippen LogP contribution in [0.1, 0.15) is 78.6 Å². The van der Waals surface area contributed by atoms with Crippen molar-refractivity contribution in [1.82, 2.24) is 0 Å². The number of allylic oxidation sites excluding steroid dienone is 2. The number of rotatable bonds is 10. The van der Waals surface area contributed by atoms with Crippen LogP contribution in [0.3, 0.4) is 0 Å². The summed E-state index contributed by atoms with van der Waals surface area (Å²) in [6.07, 6.45) is 11.4. The third kappa shape index (κ3) is 7.59. The topological polar surface area (TPSA) is 9.23 Å². The third-order valence-corrected chi connectivity index (χ3v) is 3.64. The van der Waals surface area contributed by atoms with Crippen LogP contribution in [0.2, 0.25) is 0 Å². The molecule has 0 aromatic carbocycles. The van der Waals surface area contributed by atoms with Crippen molar-refractivity contribution in [3.05, 3.63) is 11.3 Å². The van der Waals surface area contributed by atoms with Crippen LogP contribution in [0.4, 0.5) is 0 Å². The first-order chi connectivity index (χ1) is 7.79. The summed E-state index contributed by atoms with van der Waals surface area (Å²) < 4.78 is 5.68. The zero-order chi connectivity index (χ0) is 12.2. The molecule has 2 heteroatoms. The molecule has 3 radical (unpaired) electrons. The Balaban J connectivity index is 4.39. The fourth-order valence-electron chi connectivity index (χ4n) is 1.82. The summed E-state index contributed by atoms with van der Waals surface area (Å²) in [5.74, 6) is 1.32. The van der Waals surface area contributed by atoms with E-state index < -0.39 is 0 Å². The van der Waals surface area contributed by atoms with Crippen LogP contribution in [0.5, 0.6) is 0 Å². The molecule has 0 aromatic heterocycles. The van der Waals surface area contributed by atoms with Crippen LogP contribution in [0.25, 0.3) is 0 Å². The molecular weight excluding hydrogens is 303 g/mol. The van der Waals surface area contributed by atoms with E-state index in [9.17, 15) is 0 Å². The van der Waals surface area contributed by atoms with Crippen molar-refractivity contribution >= 4 is 22.9 Å². The quantitative estimate of drug-likeness (QED) is 0.408. The van der Waals surface area contributed by atoms with Gasteiger partial charge in [0.25, 0.3) is 0 Å². The summed E-state index contributed by atoms with van der Waals surface area (Å²) in [6, 6.07) is 0. The molecule has 0 heterocycles. The van der Waals surface area contributed by atoms with E-state index in [4.69, 9.17) is 3.07 Å². The molecule has 0 saturated carbocycles. The second-order valence-electron chi connectivity index (χ2n) is 4.44. The molecule has 16 heavy (non-hydrogen) atoms. The van der Waals surface area contributed by atoms with E-state index in [0.717, 1.165) is 6.42 Å². The molecule has 0 atom stereocenters. The Morgan fingerprint density at radius 3 is 1.62 bits per heavy atom. The Morgan fingerprint density at radius 1 is 0.812 bits per heavy atom. The number of hydrogen-bond acceptors (Lipinski definition) is 1. The third-order valence-electron chi connectivity index (χ3n) is 2.94. The summed E-state index contributed by atoms with van der Waals surface area (Å²) in [5, 5.41) is 0. The van der Waals surface area contributed by atoms with Crippen molar-refractivity contribution < 1.29 is 3.07 Å². The molecule has 0 spiro atoms. The molecule has 0 bridgehead atoms. The van der Waals surface area contributed by atoms with E-state index in [0.29, 0.717) is 0 Å². The molecule has 0 rings (SSSR count). The molecular formula is C14H27OSn. The number of hydrogen-bond donors (Lipinski definition) is 0. The fraction of sp³-hybridized carbons (Fsp3) is 0.857. The normalized spacial score (nSPS) is 10.2. The molecule has 0 saturated heterocycles. The van der Waals surface area contributed by atoms with E-state index in [2.05, 4.69) is 20.8 Å². The SMILES string of the molecule is CCCCC(CCCC)=C(CCCC)[O][Sn]. The molecule has 0 N–H and O–H groups in total. The molecule has 0 aliphatic carbocycles. The first kappa shape index (κ1) is 16.3. The van der Waals surface area contributed by atoms with Crippen molar-refractivity contribution in [1.29, 1.82) is 0 Å². The zero-order valence-corrected chi connectivity index (χ0v) is 14.1. The van der Waals surface area contributed by atoms with E-state index >= 15 is 0 Å². The van der Waals surface area contributed by atoms with Crippen molar-refractivity contribution in [3.8, 4) is 0 Å². The maximum absolute atomic E-state index is 5.68. The van der Waals surface area contributed by atoms with Crippen LogP contribution in [-0.2, 0) is 3.07 Å². The second kappa shape index (κ2) is 11.8. The van der Waals surface area contributed by atoms with E-state index in [-0.39, 0.29) is 0 Å². The fourth-order valence-corrected chi connectivity index (χ4v) is 2.52. The minimum absolute atomic E-state index is 1.16. The van der Waals surface area contributed by atoms with Crippen LogP contribution in [-0.4, -0.2) is 22.9 Å². The second-order valence-corrected chi connectivity index (χ2v) is 5.02. The molecule has 0 fully saturated rings. The molecule has 0 aromatic rings. The standard InChI is InChI=1S/C14H28O.Sn/c1-4-7-10-13(11-8-5-2)14(15)12-9-6-3;/h15H,4-12H2,1-3H3;/q;+1/p-1. The van der Waals surface area contributed by atoms with Crippen molar-refractivity contribution in [2.24, 2.45) is 0 Å². The average Bonchev–Trinajstić information content (AvgIpc) is 2.32. The Kier molecular flexibility index (Phi) is 12.1. The average molecular weight is 330 g/mol. The summed E-state index contributed by atoms with van der Waals surface area (Å²) >= 11 is 1.19. The van der Waals surface area contributed by atoms with Gasteiger partial charge in [-0.2, -0.15) is 0 Å². The van der Waals surface area contributed by atoms with Gasteiger partial charge in [0.2, 0.25) is 0 Å². The summed E-state index contributed by atoms with van der Waals surface area (Å²) in [5.41, 5.74) is 1.61. The number of unbranched alkanes of at least 4 members (excludes halogenated alkanes) is 3. The van der Waals surface area contributed by atoms with Gasteiger partial charge in [-0.1, -0.05) is 0 Å². The van der Waals surface area contributed by atoms with Crippen molar-refractivity contribution in [3.63, 3.8) is 0 Å². The Labute approximate surface area is 116 Å². The summed E-state index contributed by atoms with van der Waals surface area (Å²) in [7, 11) is 0. The predicted octanol–water partition coefficient (Wildman–Crippen LogP) is 4.91. The van der Waals surface area contributed by atoms with Gasteiger partial charge in [-0.25, -0.2) is 0 Å². The monoisotopic (exact) mass is 331 g/mol. The van der Waals surface area contributed by atoms with E-state index in [1.807, 2.05) is 0 Å². The van der Waals surface area contributed by atoms with Crippen LogP contribution < -0.4 is 0 Å². The van der Waals surface area contributed by atoms with Gasteiger partial charge in [0.1, 0.15) is 0 Å². The van der Waals surface area contributed by atoms with Crippen molar-refractivity contribution in [2.75, 3.05) is 0 Å². The molecule has 0 aliphatic heterocycles. The molecule has 0 unspecified atom stereocenters. The summed E-state index contributed by atoms with van der Waals surface area (Å²) in [6.45, 7) is 6.78. The van der Waals surface area contributed by atoms with E-state index in [1.165, 1.54) is 80.1 Å². The van der Waals surface area contributed by atoms with Crippen LogP contribution >= 0.6 is 0 Å². The van der Waals surface area contributed by atoms with Gasteiger partial charge in [0.05, 0.1) is 0 Å². The molecule has 0 aliphatic rings. The van der Waals surface area contributed by atoms with Crippen LogP contribution in [0.15, 0.2) is 11.3 Å². The molecule has 1 nitrogen and oxygen atoms in total. The Bertz CT molecular complexity index is 177. The first-order valence-corrected chi connectivity index (χ1v) is 8.01. The first-order valence-electron chi connectivity index (χ1n) is 6.84. The molecule has 0 amide bonds. The van der Waals surface area contributed by atoms with Crippen molar-refractivity contribution in [2.45, 2.75) is 78.6 Å². The van der Waals surface area contributed by atoms with E-state index in [1.54, 1.807) is 5.57 Å². The molecule has 93 valence electrons. The maximum atomic E-state index is 5.68. The minimum atomic E-state index is 1.16. The Hall–Kier alpha value is 0.339. The van der Waals surface area contributed by atoms with Gasteiger partial charge < -0.3 is 0 Å². The Morgan fingerprint density at radius 2 is 1.25 bits per heavy atom.